The van der Waals surface area contributed by atoms with E-state index in [9.17, 15) is 5.11 Å². The molecule has 0 spiro atoms. The van der Waals surface area contributed by atoms with Crippen LogP contribution in [0.2, 0.25) is 0 Å². The van der Waals surface area contributed by atoms with Crippen molar-refractivity contribution >= 4 is 16.7 Å². The Bertz CT molecular complexity index is 1060. The molecule has 150 valence electrons. The molecule has 2 aliphatic heterocycles. The summed E-state index contributed by atoms with van der Waals surface area (Å²) < 4.78 is 0. The fourth-order valence-electron chi connectivity index (χ4n) is 5.59. The maximum Gasteiger partial charge on any atom is 0.134 e. The molecule has 4 nitrogen and oxygen atoms in total. The lowest BCUT2D eigenvalue weighted by atomic mass is 9.88. The Kier molecular flexibility index (Phi) is 4.56. The number of hydrogen-bond acceptors (Lipinski definition) is 4. The quantitative estimate of drug-likeness (QED) is 0.735. The maximum atomic E-state index is 10.0. The van der Waals surface area contributed by atoms with Crippen molar-refractivity contribution in [3.05, 3.63) is 70.8 Å². The second-order valence-electron chi connectivity index (χ2n) is 8.85. The first-order valence-electron chi connectivity index (χ1n) is 10.6. The van der Waals surface area contributed by atoms with Crippen LogP contribution in [-0.2, 0) is 6.61 Å². The van der Waals surface area contributed by atoms with Gasteiger partial charge < -0.3 is 10.0 Å². The zero-order chi connectivity index (χ0) is 20.1. The van der Waals surface area contributed by atoms with Crippen LogP contribution in [0.1, 0.15) is 28.3 Å². The van der Waals surface area contributed by atoms with Crippen molar-refractivity contribution in [2.45, 2.75) is 26.5 Å². The highest BCUT2D eigenvalue weighted by Crippen LogP contribution is 2.46. The number of pyridine rings is 1. The number of aromatic nitrogens is 1. The van der Waals surface area contributed by atoms with Crippen LogP contribution < -0.4 is 4.90 Å². The summed E-state index contributed by atoms with van der Waals surface area (Å²) in [6.45, 7) is 7.47. The molecule has 3 heterocycles. The minimum Gasteiger partial charge on any atom is -0.392 e. The zero-order valence-corrected chi connectivity index (χ0v) is 17.5. The Morgan fingerprint density at radius 3 is 2.59 bits per heavy atom. The number of hydrogen-bond donors (Lipinski definition) is 1. The molecule has 3 atom stereocenters. The molecule has 3 aromatic rings. The summed E-state index contributed by atoms with van der Waals surface area (Å²) in [6, 6.07) is 17.6. The van der Waals surface area contributed by atoms with Crippen LogP contribution in [0.4, 0.5) is 5.82 Å². The first-order valence-corrected chi connectivity index (χ1v) is 10.6. The molecule has 2 aliphatic rings. The molecule has 0 aliphatic carbocycles. The molecule has 4 heteroatoms. The number of aliphatic hydroxyl groups excluding tert-OH is 1. The second kappa shape index (κ2) is 7.12. The first-order chi connectivity index (χ1) is 14.1. The molecule has 0 radical (unpaired) electrons. The van der Waals surface area contributed by atoms with Gasteiger partial charge >= 0.3 is 0 Å². The average Bonchev–Trinajstić information content (AvgIpc) is 3.24. The van der Waals surface area contributed by atoms with Crippen molar-refractivity contribution < 1.29 is 5.11 Å². The summed E-state index contributed by atoms with van der Waals surface area (Å²) in [7, 11) is 2.26. The number of likely N-dealkylation sites (tertiary alicyclic amines) is 1. The molecule has 2 saturated heterocycles. The fourth-order valence-corrected chi connectivity index (χ4v) is 5.59. The largest absolute Gasteiger partial charge is 0.392 e. The summed E-state index contributed by atoms with van der Waals surface area (Å²) >= 11 is 0. The summed E-state index contributed by atoms with van der Waals surface area (Å²) in [5, 5.41) is 11.2. The van der Waals surface area contributed by atoms with Crippen LogP contribution in [0.25, 0.3) is 10.9 Å². The van der Waals surface area contributed by atoms with Crippen molar-refractivity contribution in [1.29, 1.82) is 0 Å². The Labute approximate surface area is 172 Å². The number of anilines is 1. The van der Waals surface area contributed by atoms with Gasteiger partial charge in [0.1, 0.15) is 5.82 Å². The zero-order valence-electron chi connectivity index (χ0n) is 17.5. The normalized spacial score (nSPS) is 24.4. The van der Waals surface area contributed by atoms with Crippen LogP contribution in [-0.4, -0.2) is 41.7 Å². The van der Waals surface area contributed by atoms with Crippen LogP contribution in [0.3, 0.4) is 0 Å². The number of nitrogens with zero attached hydrogens (tertiary/aromatic N) is 3. The van der Waals surface area contributed by atoms with E-state index in [1.165, 1.54) is 16.7 Å². The minimum absolute atomic E-state index is 0.0270. The van der Waals surface area contributed by atoms with Crippen molar-refractivity contribution in [3.63, 3.8) is 0 Å². The number of para-hydroxylation sites is 1. The van der Waals surface area contributed by atoms with Gasteiger partial charge in [0.25, 0.3) is 0 Å². The molecule has 0 unspecified atom stereocenters. The van der Waals surface area contributed by atoms with E-state index < -0.39 is 0 Å². The smallest absolute Gasteiger partial charge is 0.134 e. The molecule has 0 amide bonds. The van der Waals surface area contributed by atoms with Gasteiger partial charge in [0, 0.05) is 42.5 Å². The maximum absolute atomic E-state index is 10.0. The van der Waals surface area contributed by atoms with Crippen molar-refractivity contribution in [1.82, 2.24) is 9.88 Å². The van der Waals surface area contributed by atoms with Crippen molar-refractivity contribution in [2.75, 3.05) is 31.6 Å². The Hall–Kier alpha value is -2.43. The number of rotatable bonds is 3. The number of aryl methyl sites for hydroxylation is 2. The van der Waals surface area contributed by atoms with Gasteiger partial charge in [-0.15, -0.1) is 0 Å². The van der Waals surface area contributed by atoms with E-state index in [-0.39, 0.29) is 6.61 Å². The lowest BCUT2D eigenvalue weighted by Gasteiger charge is -2.29. The third-order valence-corrected chi connectivity index (χ3v) is 6.98. The first kappa shape index (κ1) is 18.6. The van der Waals surface area contributed by atoms with Crippen LogP contribution in [0.5, 0.6) is 0 Å². The average molecular weight is 388 g/mol. The van der Waals surface area contributed by atoms with Gasteiger partial charge in [0.05, 0.1) is 12.1 Å². The molecule has 29 heavy (non-hydrogen) atoms. The highest BCUT2D eigenvalue weighted by Gasteiger charge is 2.47. The molecule has 2 fully saturated rings. The van der Waals surface area contributed by atoms with Gasteiger partial charge in [-0.2, -0.15) is 0 Å². The molecule has 1 aromatic heterocycles. The number of fused-ring (bicyclic) bond motifs is 2. The third kappa shape index (κ3) is 3.02. The Morgan fingerprint density at radius 2 is 1.79 bits per heavy atom. The Balaban J connectivity index is 1.51. The minimum atomic E-state index is 0.0270. The van der Waals surface area contributed by atoms with Crippen LogP contribution in [0.15, 0.2) is 48.5 Å². The van der Waals surface area contributed by atoms with E-state index in [0.717, 1.165) is 41.9 Å². The second-order valence-corrected chi connectivity index (χ2v) is 8.85. The van der Waals surface area contributed by atoms with Crippen LogP contribution in [0, 0.1) is 25.7 Å². The SMILES string of the molecule is Cc1ccccc1[C@@H]1[C@@H]2CN(c3nc4c(C)cccc4cc3CO)C[C@@H]2CN1C. The van der Waals surface area contributed by atoms with E-state index in [4.69, 9.17) is 4.98 Å². The fraction of sp³-hybridized carbons (Fsp3) is 0.400. The summed E-state index contributed by atoms with van der Waals surface area (Å²) in [5.41, 5.74) is 5.99. The van der Waals surface area contributed by atoms with Gasteiger partial charge in [0.2, 0.25) is 0 Å². The van der Waals surface area contributed by atoms with E-state index in [1.54, 1.807) is 0 Å². The summed E-state index contributed by atoms with van der Waals surface area (Å²) in [4.78, 5) is 9.99. The highest BCUT2D eigenvalue weighted by molar-refractivity contribution is 5.84. The van der Waals surface area contributed by atoms with Gasteiger partial charge in [-0.1, -0.05) is 42.5 Å². The molecule has 0 bridgehead atoms. The molecular weight excluding hydrogens is 358 g/mol. The lowest BCUT2D eigenvalue weighted by molar-refractivity contribution is 0.276. The number of benzene rings is 2. The molecule has 5 rings (SSSR count). The van der Waals surface area contributed by atoms with E-state index in [1.807, 2.05) is 0 Å². The molecular formula is C25H29N3O. The summed E-state index contributed by atoms with van der Waals surface area (Å²) in [6.07, 6.45) is 0. The van der Waals surface area contributed by atoms with Gasteiger partial charge in [0.15, 0.2) is 0 Å². The van der Waals surface area contributed by atoms with E-state index in [0.29, 0.717) is 17.9 Å². The highest BCUT2D eigenvalue weighted by atomic mass is 16.3. The number of aliphatic hydroxyl groups is 1. The van der Waals surface area contributed by atoms with Crippen molar-refractivity contribution in [2.24, 2.45) is 11.8 Å². The van der Waals surface area contributed by atoms with E-state index >= 15 is 0 Å². The van der Waals surface area contributed by atoms with Gasteiger partial charge in [-0.3, -0.25) is 4.90 Å². The summed E-state index contributed by atoms with van der Waals surface area (Å²) in [5.74, 6) is 2.18. The van der Waals surface area contributed by atoms with Gasteiger partial charge in [-0.05, 0) is 49.6 Å². The predicted octanol–water partition coefficient (Wildman–Crippen LogP) is 4.08. The standard InChI is InChI=1S/C25H29N3O/c1-16-7-4-5-10-21(16)24-22-14-28(13-20(22)12-27(24)3)25-19(15-29)11-18-9-6-8-17(2)23(18)26-25/h4-11,20,22,24,29H,12-15H2,1-3H3/t20-,22+,24+/m0/s1. The molecule has 0 saturated carbocycles. The topological polar surface area (TPSA) is 39.6 Å². The molecule has 1 N–H and O–H groups in total. The van der Waals surface area contributed by atoms with Crippen LogP contribution >= 0.6 is 0 Å². The van der Waals surface area contributed by atoms with E-state index in [2.05, 4.69) is 79.2 Å². The predicted molar refractivity (Wildman–Crippen MR) is 118 cm³/mol. The molecule has 2 aromatic carbocycles. The third-order valence-electron chi connectivity index (χ3n) is 6.98. The van der Waals surface area contributed by atoms with Crippen molar-refractivity contribution in [3.8, 4) is 0 Å². The lowest BCUT2D eigenvalue weighted by Crippen LogP contribution is -2.30. The Morgan fingerprint density at radius 1 is 1.00 bits per heavy atom. The van der Waals surface area contributed by atoms with Gasteiger partial charge in [-0.25, -0.2) is 4.98 Å². The monoisotopic (exact) mass is 387 g/mol.